The molecular formula is C31H34N2. The van der Waals surface area contributed by atoms with Crippen LogP contribution in [-0.4, -0.2) is 9.97 Å². The normalized spacial score (nSPS) is 11.2. The van der Waals surface area contributed by atoms with Crippen LogP contribution in [-0.2, 0) is 0 Å². The highest BCUT2D eigenvalue weighted by Gasteiger charge is 2.18. The number of aryl methyl sites for hydroxylation is 9. The second-order valence-corrected chi connectivity index (χ2v) is 9.78. The summed E-state index contributed by atoms with van der Waals surface area (Å²) < 4.78 is 0. The van der Waals surface area contributed by atoms with Crippen molar-refractivity contribution in [2.45, 2.75) is 62.3 Å². The first-order valence-electron chi connectivity index (χ1n) is 11.7. The van der Waals surface area contributed by atoms with Gasteiger partial charge in [0.05, 0.1) is 11.4 Å². The monoisotopic (exact) mass is 434 g/mol. The number of hydrogen-bond donors (Lipinski definition) is 0. The maximum atomic E-state index is 5.17. The van der Waals surface area contributed by atoms with Crippen LogP contribution >= 0.6 is 0 Å². The maximum Gasteiger partial charge on any atom is 0.160 e. The lowest BCUT2D eigenvalue weighted by molar-refractivity contribution is 1.14. The third-order valence-electron chi connectivity index (χ3n) is 6.49. The number of nitrogens with zero attached hydrogens (tertiary/aromatic N) is 2. The molecule has 0 N–H and O–H groups in total. The lowest BCUT2D eigenvalue weighted by Gasteiger charge is -2.18. The summed E-state index contributed by atoms with van der Waals surface area (Å²) in [4.78, 5) is 10.3. The molecule has 33 heavy (non-hydrogen) atoms. The van der Waals surface area contributed by atoms with E-state index in [1.807, 2.05) is 0 Å². The zero-order valence-electron chi connectivity index (χ0n) is 21.4. The van der Waals surface area contributed by atoms with E-state index in [-0.39, 0.29) is 0 Å². The summed E-state index contributed by atoms with van der Waals surface area (Å²) in [6.07, 6.45) is 0. The smallest absolute Gasteiger partial charge is 0.160 e. The van der Waals surface area contributed by atoms with E-state index in [1.165, 1.54) is 61.2 Å². The Morgan fingerprint density at radius 1 is 0.364 bits per heavy atom. The van der Waals surface area contributed by atoms with Crippen molar-refractivity contribution < 1.29 is 0 Å². The Balaban J connectivity index is 2.08. The van der Waals surface area contributed by atoms with E-state index in [0.29, 0.717) is 0 Å². The Morgan fingerprint density at radius 2 is 0.636 bits per heavy atom. The van der Waals surface area contributed by atoms with Crippen molar-refractivity contribution in [2.75, 3.05) is 0 Å². The Bertz CT molecular complexity index is 1140. The summed E-state index contributed by atoms with van der Waals surface area (Å²) in [5.41, 5.74) is 16.8. The second-order valence-electron chi connectivity index (χ2n) is 9.78. The lowest BCUT2D eigenvalue weighted by atomic mass is 9.93. The van der Waals surface area contributed by atoms with E-state index < -0.39 is 0 Å². The first kappa shape index (κ1) is 22.9. The van der Waals surface area contributed by atoms with E-state index in [1.54, 1.807) is 0 Å². The summed E-state index contributed by atoms with van der Waals surface area (Å²) >= 11 is 0. The van der Waals surface area contributed by atoms with Gasteiger partial charge in [0.25, 0.3) is 0 Å². The fraction of sp³-hybridized carbons (Fsp3) is 0.290. The van der Waals surface area contributed by atoms with Crippen LogP contribution in [0.5, 0.6) is 0 Å². The van der Waals surface area contributed by atoms with E-state index in [4.69, 9.17) is 9.97 Å². The molecule has 168 valence electrons. The summed E-state index contributed by atoms with van der Waals surface area (Å²) in [5, 5.41) is 0. The van der Waals surface area contributed by atoms with E-state index >= 15 is 0 Å². The average Bonchev–Trinajstić information content (AvgIpc) is 2.65. The third kappa shape index (κ3) is 4.35. The van der Waals surface area contributed by atoms with Gasteiger partial charge in [-0.1, -0.05) is 53.1 Å². The minimum absolute atomic E-state index is 0.802. The van der Waals surface area contributed by atoms with E-state index in [2.05, 4.69) is 105 Å². The van der Waals surface area contributed by atoms with Crippen molar-refractivity contribution in [3.05, 3.63) is 92.5 Å². The molecule has 0 fully saturated rings. The minimum atomic E-state index is 0.802. The molecule has 2 heteroatoms. The average molecular weight is 435 g/mol. The SMILES string of the molecule is Cc1cc(C)c(-c2cc(-c3c(C)cc(C)cc3C)nc(-c3c(C)cc(C)cc3C)n2)c(C)c1. The fourth-order valence-corrected chi connectivity index (χ4v) is 5.52. The Hall–Kier alpha value is -3.26. The van der Waals surface area contributed by atoms with Crippen LogP contribution in [0.15, 0.2) is 42.5 Å². The first-order chi connectivity index (χ1) is 15.5. The van der Waals surface area contributed by atoms with Crippen LogP contribution in [0.1, 0.15) is 50.1 Å². The van der Waals surface area contributed by atoms with Gasteiger partial charge in [0.1, 0.15) is 0 Å². The fourth-order valence-electron chi connectivity index (χ4n) is 5.52. The Morgan fingerprint density at radius 3 is 0.939 bits per heavy atom. The molecule has 0 aliphatic carbocycles. The summed E-state index contributed by atoms with van der Waals surface area (Å²) in [6, 6.07) is 15.6. The van der Waals surface area contributed by atoms with E-state index in [0.717, 1.165) is 22.8 Å². The van der Waals surface area contributed by atoms with Gasteiger partial charge in [-0.25, -0.2) is 9.97 Å². The topological polar surface area (TPSA) is 25.8 Å². The predicted molar refractivity (Wildman–Crippen MR) is 141 cm³/mol. The lowest BCUT2D eigenvalue weighted by Crippen LogP contribution is -2.02. The molecule has 0 saturated heterocycles. The molecular weight excluding hydrogens is 400 g/mol. The highest BCUT2D eigenvalue weighted by molar-refractivity contribution is 5.78. The highest BCUT2D eigenvalue weighted by Crippen LogP contribution is 2.36. The van der Waals surface area contributed by atoms with Crippen molar-refractivity contribution >= 4 is 0 Å². The molecule has 4 rings (SSSR count). The van der Waals surface area contributed by atoms with Gasteiger partial charge in [-0.2, -0.15) is 0 Å². The molecule has 0 unspecified atom stereocenters. The largest absolute Gasteiger partial charge is 0.228 e. The molecule has 3 aromatic carbocycles. The summed E-state index contributed by atoms with van der Waals surface area (Å²) in [7, 11) is 0. The first-order valence-corrected chi connectivity index (χ1v) is 11.7. The van der Waals surface area contributed by atoms with Crippen LogP contribution < -0.4 is 0 Å². The Labute approximate surface area is 198 Å². The van der Waals surface area contributed by atoms with Crippen LogP contribution in [0.3, 0.4) is 0 Å². The van der Waals surface area contributed by atoms with Crippen molar-refractivity contribution in [2.24, 2.45) is 0 Å². The number of hydrogen-bond acceptors (Lipinski definition) is 2. The third-order valence-corrected chi connectivity index (χ3v) is 6.49. The van der Waals surface area contributed by atoms with Gasteiger partial charge in [0.15, 0.2) is 5.82 Å². The molecule has 1 heterocycles. The molecule has 1 aromatic heterocycles. The highest BCUT2D eigenvalue weighted by atomic mass is 14.9. The van der Waals surface area contributed by atoms with Crippen molar-refractivity contribution in [1.29, 1.82) is 0 Å². The zero-order chi connectivity index (χ0) is 24.0. The number of rotatable bonds is 3. The molecule has 0 aliphatic heterocycles. The molecule has 0 aliphatic rings. The van der Waals surface area contributed by atoms with Gasteiger partial charge >= 0.3 is 0 Å². The number of aromatic nitrogens is 2. The van der Waals surface area contributed by atoms with E-state index in [9.17, 15) is 0 Å². The number of benzene rings is 3. The van der Waals surface area contributed by atoms with Gasteiger partial charge in [-0.15, -0.1) is 0 Å². The van der Waals surface area contributed by atoms with Crippen LogP contribution in [0.2, 0.25) is 0 Å². The zero-order valence-corrected chi connectivity index (χ0v) is 21.4. The quantitative estimate of drug-likeness (QED) is 0.324. The Kier molecular flexibility index (Phi) is 5.97. The van der Waals surface area contributed by atoms with Crippen LogP contribution in [0.25, 0.3) is 33.9 Å². The standard InChI is InChI=1S/C31H34N2/c1-17-10-20(4)28(21(5)11-17)26-16-27(29-22(6)12-18(2)13-23(29)7)33-31(32-26)30-24(8)14-19(3)15-25(30)9/h10-16H,1-9H3. The maximum absolute atomic E-state index is 5.17. The van der Waals surface area contributed by atoms with Gasteiger partial charge < -0.3 is 0 Å². The molecule has 0 atom stereocenters. The van der Waals surface area contributed by atoms with Gasteiger partial charge in [-0.3, -0.25) is 0 Å². The van der Waals surface area contributed by atoms with Crippen molar-refractivity contribution in [3.63, 3.8) is 0 Å². The van der Waals surface area contributed by atoms with Crippen LogP contribution in [0, 0.1) is 62.3 Å². The van der Waals surface area contributed by atoms with Crippen molar-refractivity contribution in [3.8, 4) is 33.9 Å². The molecule has 0 radical (unpaired) electrons. The molecule has 0 spiro atoms. The summed E-state index contributed by atoms with van der Waals surface area (Å²) in [6.45, 7) is 19.5. The van der Waals surface area contributed by atoms with Crippen molar-refractivity contribution in [1.82, 2.24) is 9.97 Å². The molecule has 2 nitrogen and oxygen atoms in total. The van der Waals surface area contributed by atoms with Crippen LogP contribution in [0.4, 0.5) is 0 Å². The second kappa shape index (κ2) is 8.59. The molecule has 0 amide bonds. The molecule has 0 bridgehead atoms. The predicted octanol–water partition coefficient (Wildman–Crippen LogP) is 8.25. The molecule has 0 saturated carbocycles. The summed E-state index contributed by atoms with van der Waals surface area (Å²) in [5.74, 6) is 0.802. The van der Waals surface area contributed by atoms with Gasteiger partial charge in [0, 0.05) is 16.7 Å². The van der Waals surface area contributed by atoms with Gasteiger partial charge in [0.2, 0.25) is 0 Å². The minimum Gasteiger partial charge on any atom is -0.228 e. The molecule has 4 aromatic rings. The van der Waals surface area contributed by atoms with Gasteiger partial charge in [-0.05, 0) is 102 Å².